The van der Waals surface area contributed by atoms with Gasteiger partial charge in [0.25, 0.3) is 0 Å². The third kappa shape index (κ3) is 3.44. The van der Waals surface area contributed by atoms with Gasteiger partial charge >= 0.3 is 0 Å². The highest BCUT2D eigenvalue weighted by atomic mass is 16.1. The van der Waals surface area contributed by atoms with Crippen LogP contribution in [0.2, 0.25) is 0 Å². The van der Waals surface area contributed by atoms with Gasteiger partial charge in [-0.25, -0.2) is 0 Å². The minimum absolute atomic E-state index is 0.201. The van der Waals surface area contributed by atoms with Crippen molar-refractivity contribution in [1.29, 1.82) is 0 Å². The van der Waals surface area contributed by atoms with Crippen LogP contribution in [0.4, 0.5) is 0 Å². The second-order valence-corrected chi connectivity index (χ2v) is 6.22. The highest BCUT2D eigenvalue weighted by molar-refractivity contribution is 5.74. The van der Waals surface area contributed by atoms with Gasteiger partial charge in [0.15, 0.2) is 0 Å². The largest absolute Gasteiger partial charge is 0.370 e. The lowest BCUT2D eigenvalue weighted by Crippen LogP contribution is -2.42. The molecule has 2 rings (SSSR count). The summed E-state index contributed by atoms with van der Waals surface area (Å²) >= 11 is 0. The fourth-order valence-electron chi connectivity index (χ4n) is 3.78. The SMILES string of the molecule is CC(CC(N)=O)NC1CCC2(CCCC2)CC1. The molecule has 0 heterocycles. The lowest BCUT2D eigenvalue weighted by Gasteiger charge is -2.38. The van der Waals surface area contributed by atoms with E-state index >= 15 is 0 Å². The van der Waals surface area contributed by atoms with Crippen molar-refractivity contribution in [3.8, 4) is 0 Å². The van der Waals surface area contributed by atoms with E-state index in [0.29, 0.717) is 17.9 Å². The number of amides is 1. The van der Waals surface area contributed by atoms with E-state index in [0.717, 1.165) is 0 Å². The Balaban J connectivity index is 1.73. The van der Waals surface area contributed by atoms with Crippen LogP contribution in [0.15, 0.2) is 0 Å². The molecule has 0 aromatic heterocycles. The Kier molecular flexibility index (Phi) is 4.08. The number of nitrogens with two attached hydrogens (primary N) is 1. The predicted octanol–water partition coefficient (Wildman–Crippen LogP) is 2.34. The van der Waals surface area contributed by atoms with Crippen molar-refractivity contribution >= 4 is 5.91 Å². The minimum atomic E-state index is -0.201. The fourth-order valence-corrected chi connectivity index (χ4v) is 3.78. The van der Waals surface area contributed by atoms with Crippen molar-refractivity contribution in [2.24, 2.45) is 11.1 Å². The van der Waals surface area contributed by atoms with E-state index in [1.54, 1.807) is 0 Å². The van der Waals surface area contributed by atoms with Crippen LogP contribution in [0.5, 0.6) is 0 Å². The number of hydrogen-bond acceptors (Lipinski definition) is 2. The second kappa shape index (κ2) is 5.38. The van der Waals surface area contributed by atoms with E-state index in [1.807, 2.05) is 0 Å². The molecular formula is C14H26N2O. The van der Waals surface area contributed by atoms with Gasteiger partial charge < -0.3 is 11.1 Å². The summed E-state index contributed by atoms with van der Waals surface area (Å²) in [5.41, 5.74) is 5.91. The molecule has 0 bridgehead atoms. The Labute approximate surface area is 105 Å². The van der Waals surface area contributed by atoms with Crippen LogP contribution in [0.3, 0.4) is 0 Å². The average Bonchev–Trinajstić information content (AvgIpc) is 2.69. The molecule has 0 aromatic rings. The molecule has 1 amide bonds. The van der Waals surface area contributed by atoms with Gasteiger partial charge in [-0.05, 0) is 50.9 Å². The highest BCUT2D eigenvalue weighted by Crippen LogP contribution is 2.48. The van der Waals surface area contributed by atoms with Gasteiger partial charge in [0, 0.05) is 18.5 Å². The molecule has 0 aliphatic heterocycles. The van der Waals surface area contributed by atoms with E-state index in [4.69, 9.17) is 5.73 Å². The lowest BCUT2D eigenvalue weighted by molar-refractivity contribution is -0.118. The lowest BCUT2D eigenvalue weighted by atomic mass is 9.71. The number of nitrogens with one attached hydrogen (secondary N) is 1. The van der Waals surface area contributed by atoms with Crippen molar-refractivity contribution in [3.05, 3.63) is 0 Å². The number of carbonyl (C=O) groups is 1. The van der Waals surface area contributed by atoms with Crippen molar-refractivity contribution in [3.63, 3.8) is 0 Å². The van der Waals surface area contributed by atoms with Gasteiger partial charge in [-0.1, -0.05) is 12.8 Å². The molecule has 2 fully saturated rings. The molecule has 2 saturated carbocycles. The quantitative estimate of drug-likeness (QED) is 0.790. The zero-order chi connectivity index (χ0) is 12.3. The van der Waals surface area contributed by atoms with E-state index in [2.05, 4.69) is 12.2 Å². The van der Waals surface area contributed by atoms with Gasteiger partial charge in [-0.15, -0.1) is 0 Å². The summed E-state index contributed by atoms with van der Waals surface area (Å²) in [6.45, 7) is 2.06. The van der Waals surface area contributed by atoms with Gasteiger partial charge in [-0.3, -0.25) is 4.79 Å². The van der Waals surface area contributed by atoms with Crippen LogP contribution >= 0.6 is 0 Å². The summed E-state index contributed by atoms with van der Waals surface area (Å²) < 4.78 is 0. The van der Waals surface area contributed by atoms with Crippen LogP contribution in [0.1, 0.15) is 64.7 Å². The van der Waals surface area contributed by atoms with Gasteiger partial charge in [0.2, 0.25) is 5.91 Å². The maximum absolute atomic E-state index is 10.8. The summed E-state index contributed by atoms with van der Waals surface area (Å²) in [6, 6.07) is 0.839. The predicted molar refractivity (Wildman–Crippen MR) is 69.6 cm³/mol. The Morgan fingerprint density at radius 2 is 1.88 bits per heavy atom. The van der Waals surface area contributed by atoms with Crippen LogP contribution in [-0.4, -0.2) is 18.0 Å². The Morgan fingerprint density at radius 3 is 2.41 bits per heavy atom. The zero-order valence-electron chi connectivity index (χ0n) is 11.0. The zero-order valence-corrected chi connectivity index (χ0v) is 11.0. The van der Waals surface area contributed by atoms with Crippen molar-refractivity contribution in [2.75, 3.05) is 0 Å². The molecule has 98 valence electrons. The first-order valence-electron chi connectivity index (χ1n) is 7.14. The first-order valence-corrected chi connectivity index (χ1v) is 7.14. The Hall–Kier alpha value is -0.570. The minimum Gasteiger partial charge on any atom is -0.370 e. The molecule has 0 aromatic carbocycles. The third-order valence-electron chi connectivity index (χ3n) is 4.74. The van der Waals surface area contributed by atoms with Crippen LogP contribution in [-0.2, 0) is 4.79 Å². The molecule has 1 spiro atoms. The molecule has 0 radical (unpaired) electrons. The summed E-state index contributed by atoms with van der Waals surface area (Å²) in [7, 11) is 0. The monoisotopic (exact) mass is 238 g/mol. The highest BCUT2D eigenvalue weighted by Gasteiger charge is 2.37. The number of carbonyl (C=O) groups excluding carboxylic acids is 1. The van der Waals surface area contributed by atoms with Crippen molar-refractivity contribution < 1.29 is 4.79 Å². The smallest absolute Gasteiger partial charge is 0.218 e. The van der Waals surface area contributed by atoms with Gasteiger partial charge in [0.05, 0.1) is 0 Å². The van der Waals surface area contributed by atoms with E-state index < -0.39 is 0 Å². The molecule has 2 aliphatic rings. The summed E-state index contributed by atoms with van der Waals surface area (Å²) in [5, 5.41) is 3.56. The Morgan fingerprint density at radius 1 is 1.29 bits per heavy atom. The first-order chi connectivity index (χ1) is 8.10. The summed E-state index contributed by atoms with van der Waals surface area (Å²) in [6.07, 6.45) is 11.6. The molecule has 17 heavy (non-hydrogen) atoms. The number of hydrogen-bond donors (Lipinski definition) is 2. The van der Waals surface area contributed by atoms with Crippen LogP contribution < -0.4 is 11.1 Å². The molecule has 3 nitrogen and oxygen atoms in total. The summed E-state index contributed by atoms with van der Waals surface area (Å²) in [5.74, 6) is -0.201. The first kappa shape index (κ1) is 12.9. The normalized spacial score (nSPS) is 26.2. The fraction of sp³-hybridized carbons (Fsp3) is 0.929. The summed E-state index contributed by atoms with van der Waals surface area (Å²) in [4.78, 5) is 10.8. The topological polar surface area (TPSA) is 55.1 Å². The van der Waals surface area contributed by atoms with Gasteiger partial charge in [0.1, 0.15) is 0 Å². The molecular weight excluding hydrogens is 212 g/mol. The molecule has 2 aliphatic carbocycles. The number of rotatable bonds is 4. The Bertz CT molecular complexity index is 261. The molecule has 3 N–H and O–H groups in total. The standard InChI is InChI=1S/C14H26N2O/c1-11(10-13(15)17)16-12-4-8-14(9-5-12)6-2-3-7-14/h11-12,16H,2-10H2,1H3,(H2,15,17). The molecule has 3 heteroatoms. The maximum Gasteiger partial charge on any atom is 0.218 e. The maximum atomic E-state index is 10.8. The van der Waals surface area contributed by atoms with Crippen LogP contribution in [0, 0.1) is 5.41 Å². The van der Waals surface area contributed by atoms with Crippen molar-refractivity contribution in [2.45, 2.75) is 76.8 Å². The molecule has 0 saturated heterocycles. The average molecular weight is 238 g/mol. The van der Waals surface area contributed by atoms with Crippen LogP contribution in [0.25, 0.3) is 0 Å². The molecule has 1 atom stereocenters. The van der Waals surface area contributed by atoms with E-state index in [-0.39, 0.29) is 11.9 Å². The van der Waals surface area contributed by atoms with E-state index in [9.17, 15) is 4.79 Å². The van der Waals surface area contributed by atoms with Gasteiger partial charge in [-0.2, -0.15) is 0 Å². The number of primary amides is 1. The third-order valence-corrected chi connectivity index (χ3v) is 4.74. The van der Waals surface area contributed by atoms with E-state index in [1.165, 1.54) is 51.4 Å². The molecule has 1 unspecified atom stereocenters. The van der Waals surface area contributed by atoms with Crippen molar-refractivity contribution in [1.82, 2.24) is 5.32 Å². The second-order valence-electron chi connectivity index (χ2n) is 6.22.